The monoisotopic (exact) mass is 413 g/mol. The third kappa shape index (κ3) is 5.62. The number of hydrogen-bond acceptors (Lipinski definition) is 5. The number of carbonyl (C=O) groups excluding carboxylic acids is 2. The molecule has 1 aromatic carbocycles. The molecule has 1 saturated carbocycles. The first-order chi connectivity index (χ1) is 14.2. The maximum atomic E-state index is 13.0. The van der Waals surface area contributed by atoms with Crippen molar-refractivity contribution in [3.63, 3.8) is 0 Å². The van der Waals surface area contributed by atoms with Crippen molar-refractivity contribution in [3.05, 3.63) is 64.1 Å². The Kier molecular flexibility index (Phi) is 6.44. The van der Waals surface area contributed by atoms with Gasteiger partial charge in [0.05, 0.1) is 0 Å². The minimum Gasteiger partial charge on any atom is -0.482 e. The molecule has 0 aliphatic heterocycles. The summed E-state index contributed by atoms with van der Waals surface area (Å²) in [5.41, 5.74) is 2.10. The van der Waals surface area contributed by atoms with Crippen LogP contribution in [-0.4, -0.2) is 28.3 Å². The van der Waals surface area contributed by atoms with Crippen molar-refractivity contribution in [2.45, 2.75) is 58.3 Å². The molecule has 0 saturated heterocycles. The van der Waals surface area contributed by atoms with E-state index < -0.39 is 23.0 Å². The Bertz CT molecular complexity index is 959. The van der Waals surface area contributed by atoms with E-state index in [1.54, 1.807) is 20.8 Å². The number of benzene rings is 1. The molecule has 2 amide bonds. The van der Waals surface area contributed by atoms with Gasteiger partial charge in [-0.1, -0.05) is 30.3 Å². The van der Waals surface area contributed by atoms with E-state index in [0.717, 1.165) is 24.8 Å². The minimum absolute atomic E-state index is 0.0461. The summed E-state index contributed by atoms with van der Waals surface area (Å²) in [5.74, 6) is -0.620. The molecule has 1 heterocycles. The van der Waals surface area contributed by atoms with Gasteiger partial charge in [0, 0.05) is 18.3 Å². The maximum absolute atomic E-state index is 13.0. The van der Waals surface area contributed by atoms with Crippen LogP contribution >= 0.6 is 0 Å². The highest BCUT2D eigenvalue weighted by Gasteiger charge is 2.27. The fraction of sp³-hybridized carbons (Fsp3) is 0.409. The number of hydrogen-bond donors (Lipinski definition) is 2. The summed E-state index contributed by atoms with van der Waals surface area (Å²) >= 11 is 0. The molecule has 0 spiro atoms. The summed E-state index contributed by atoms with van der Waals surface area (Å²) in [7, 11) is 0. The molecule has 3 rings (SSSR count). The third-order valence-electron chi connectivity index (χ3n) is 4.55. The second-order valence-corrected chi connectivity index (χ2v) is 8.22. The van der Waals surface area contributed by atoms with E-state index in [2.05, 4.69) is 10.7 Å². The minimum atomic E-state index is -0.752. The highest BCUT2D eigenvalue weighted by atomic mass is 16.6. The molecule has 2 N–H and O–H groups in total. The van der Waals surface area contributed by atoms with Crippen LogP contribution in [0.4, 0.5) is 4.79 Å². The van der Waals surface area contributed by atoms with Gasteiger partial charge in [0.2, 0.25) is 5.43 Å². The van der Waals surface area contributed by atoms with Crippen LogP contribution in [0, 0.1) is 0 Å². The quantitative estimate of drug-likeness (QED) is 0.758. The van der Waals surface area contributed by atoms with E-state index in [1.165, 1.54) is 16.9 Å². The molecule has 1 fully saturated rings. The summed E-state index contributed by atoms with van der Waals surface area (Å²) in [6.07, 6.45) is 3.36. The highest BCUT2D eigenvalue weighted by Crippen LogP contribution is 2.21. The number of aromatic nitrogens is 1. The molecule has 0 radical (unpaired) electrons. The van der Waals surface area contributed by atoms with E-state index in [0.29, 0.717) is 0 Å². The Balaban J connectivity index is 1.91. The van der Waals surface area contributed by atoms with Crippen molar-refractivity contribution in [1.82, 2.24) is 9.99 Å². The summed E-state index contributed by atoms with van der Waals surface area (Å²) in [6.45, 7) is 5.31. The van der Waals surface area contributed by atoms with Crippen LogP contribution in [0.15, 0.2) is 47.4 Å². The summed E-state index contributed by atoms with van der Waals surface area (Å²) < 4.78 is 12.2. The molecule has 1 aliphatic carbocycles. The Morgan fingerprint density at radius 3 is 2.43 bits per heavy atom. The Hall–Kier alpha value is -3.29. The molecule has 0 atom stereocenters. The van der Waals surface area contributed by atoms with Gasteiger partial charge in [0.15, 0.2) is 11.4 Å². The average molecular weight is 413 g/mol. The number of rotatable bonds is 6. The summed E-state index contributed by atoms with van der Waals surface area (Å²) in [5, 5.41) is 2.89. The molecular formula is C22H27N3O5. The fourth-order valence-electron chi connectivity index (χ4n) is 2.90. The van der Waals surface area contributed by atoms with Gasteiger partial charge in [-0.2, -0.15) is 0 Å². The number of amides is 2. The molecular weight excluding hydrogens is 386 g/mol. The lowest BCUT2D eigenvalue weighted by Crippen LogP contribution is -2.43. The molecule has 30 heavy (non-hydrogen) atoms. The van der Waals surface area contributed by atoms with Crippen LogP contribution in [-0.2, 0) is 11.3 Å². The highest BCUT2D eigenvalue weighted by molar-refractivity contribution is 5.96. The SMILES string of the molecule is CC(C)(C)OC(=O)Nn1ccc(=O)c(OCc2ccccc2)c1C(=O)NC1CCC1. The fourth-order valence-corrected chi connectivity index (χ4v) is 2.90. The van der Waals surface area contributed by atoms with E-state index in [4.69, 9.17) is 9.47 Å². The van der Waals surface area contributed by atoms with Crippen molar-refractivity contribution in [1.29, 1.82) is 0 Å². The van der Waals surface area contributed by atoms with Gasteiger partial charge in [-0.05, 0) is 45.6 Å². The lowest BCUT2D eigenvalue weighted by molar-refractivity contribution is 0.0612. The first kappa shape index (κ1) is 21.4. The van der Waals surface area contributed by atoms with E-state index in [9.17, 15) is 14.4 Å². The standard InChI is InChI=1S/C22H27N3O5/c1-22(2,3)30-21(28)24-25-13-12-17(26)19(29-14-15-8-5-4-6-9-15)18(25)20(27)23-16-10-7-11-16/h4-6,8-9,12-13,16H,7,10-11,14H2,1-3H3,(H,23,27)(H,24,28). The second-order valence-electron chi connectivity index (χ2n) is 8.22. The van der Waals surface area contributed by atoms with Gasteiger partial charge in [-0.3, -0.25) is 9.59 Å². The zero-order valence-corrected chi connectivity index (χ0v) is 17.4. The van der Waals surface area contributed by atoms with E-state index in [1.807, 2.05) is 30.3 Å². The largest absolute Gasteiger partial charge is 0.482 e. The average Bonchev–Trinajstić information content (AvgIpc) is 2.64. The maximum Gasteiger partial charge on any atom is 0.426 e. The third-order valence-corrected chi connectivity index (χ3v) is 4.55. The molecule has 2 aromatic rings. The topological polar surface area (TPSA) is 98.7 Å². The number of ether oxygens (including phenoxy) is 2. The van der Waals surface area contributed by atoms with E-state index in [-0.39, 0.29) is 24.1 Å². The van der Waals surface area contributed by atoms with Gasteiger partial charge >= 0.3 is 6.09 Å². The molecule has 0 unspecified atom stereocenters. The predicted molar refractivity (Wildman–Crippen MR) is 112 cm³/mol. The molecule has 1 aromatic heterocycles. The smallest absolute Gasteiger partial charge is 0.426 e. The van der Waals surface area contributed by atoms with Crippen molar-refractivity contribution >= 4 is 12.0 Å². The van der Waals surface area contributed by atoms with Crippen LogP contribution in [0.5, 0.6) is 5.75 Å². The summed E-state index contributed by atoms with van der Waals surface area (Å²) in [6, 6.07) is 10.6. The lowest BCUT2D eigenvalue weighted by atomic mass is 9.93. The molecule has 8 heteroatoms. The van der Waals surface area contributed by atoms with Crippen LogP contribution in [0.25, 0.3) is 0 Å². The van der Waals surface area contributed by atoms with Crippen molar-refractivity contribution < 1.29 is 19.1 Å². The van der Waals surface area contributed by atoms with Gasteiger partial charge in [-0.15, -0.1) is 0 Å². The van der Waals surface area contributed by atoms with Crippen LogP contribution in [0.2, 0.25) is 0 Å². The van der Waals surface area contributed by atoms with Crippen LogP contribution < -0.4 is 20.9 Å². The zero-order valence-electron chi connectivity index (χ0n) is 17.4. The van der Waals surface area contributed by atoms with Gasteiger partial charge in [0.1, 0.15) is 12.2 Å². The van der Waals surface area contributed by atoms with Crippen molar-refractivity contribution in [3.8, 4) is 5.75 Å². The van der Waals surface area contributed by atoms with Gasteiger partial charge in [-0.25, -0.2) is 14.9 Å². The molecule has 8 nitrogen and oxygen atoms in total. The predicted octanol–water partition coefficient (Wildman–Crippen LogP) is 3.19. The zero-order chi connectivity index (χ0) is 21.7. The summed E-state index contributed by atoms with van der Waals surface area (Å²) in [4.78, 5) is 37.8. The molecule has 1 aliphatic rings. The number of carbonyl (C=O) groups is 2. The van der Waals surface area contributed by atoms with Gasteiger partial charge < -0.3 is 14.8 Å². The number of nitrogens with one attached hydrogen (secondary N) is 2. The lowest BCUT2D eigenvalue weighted by Gasteiger charge is -2.27. The molecule has 160 valence electrons. The van der Waals surface area contributed by atoms with E-state index >= 15 is 0 Å². The first-order valence-electron chi connectivity index (χ1n) is 9.96. The molecule has 0 bridgehead atoms. The Labute approximate surface area is 175 Å². The Morgan fingerprint density at radius 2 is 1.83 bits per heavy atom. The normalized spacial score (nSPS) is 13.8. The van der Waals surface area contributed by atoms with Crippen LogP contribution in [0.1, 0.15) is 56.1 Å². The van der Waals surface area contributed by atoms with Crippen molar-refractivity contribution in [2.75, 3.05) is 5.43 Å². The van der Waals surface area contributed by atoms with Gasteiger partial charge in [0.25, 0.3) is 5.91 Å². The number of nitrogens with zero attached hydrogens (tertiary/aromatic N) is 1. The number of pyridine rings is 1. The van der Waals surface area contributed by atoms with Crippen molar-refractivity contribution in [2.24, 2.45) is 0 Å². The first-order valence-corrected chi connectivity index (χ1v) is 9.96. The second kappa shape index (κ2) is 9.02. The van der Waals surface area contributed by atoms with Crippen LogP contribution in [0.3, 0.4) is 0 Å². The Morgan fingerprint density at radius 1 is 1.13 bits per heavy atom.